The number of hydrogen-bond donors (Lipinski definition) is 0. The summed E-state index contributed by atoms with van der Waals surface area (Å²) >= 11 is 1.36. The number of ketones is 1. The molecule has 3 rings (SSSR count). The zero-order chi connectivity index (χ0) is 15.4. The van der Waals surface area contributed by atoms with Crippen LogP contribution in [0.25, 0.3) is 0 Å². The highest BCUT2D eigenvalue weighted by molar-refractivity contribution is 8.00. The van der Waals surface area contributed by atoms with Crippen LogP contribution in [0.4, 0.5) is 0 Å². The van der Waals surface area contributed by atoms with Crippen LogP contribution in [0.2, 0.25) is 0 Å². The van der Waals surface area contributed by atoms with Gasteiger partial charge in [-0.2, -0.15) is 0 Å². The molecule has 5 nitrogen and oxygen atoms in total. The van der Waals surface area contributed by atoms with E-state index in [4.69, 9.17) is 0 Å². The number of nitrogens with zero attached hydrogens (tertiary/aromatic N) is 4. The Balaban J connectivity index is 1.96. The van der Waals surface area contributed by atoms with Gasteiger partial charge in [0.05, 0.1) is 0 Å². The number of rotatable bonds is 5. The molecule has 0 spiro atoms. The van der Waals surface area contributed by atoms with Crippen molar-refractivity contribution in [2.75, 3.05) is 0 Å². The topological polar surface area (TPSA) is 60.7 Å². The van der Waals surface area contributed by atoms with Gasteiger partial charge in [-0.1, -0.05) is 72.4 Å². The molecule has 0 fully saturated rings. The molecule has 3 aromatic rings. The van der Waals surface area contributed by atoms with Gasteiger partial charge in [-0.05, 0) is 16.0 Å². The first-order valence-electron chi connectivity index (χ1n) is 6.79. The maximum absolute atomic E-state index is 12.9. The second-order valence-electron chi connectivity index (χ2n) is 4.72. The number of hydrogen-bond acceptors (Lipinski definition) is 5. The Morgan fingerprint density at radius 1 is 1.05 bits per heavy atom. The van der Waals surface area contributed by atoms with Crippen molar-refractivity contribution >= 4 is 17.5 Å². The number of carbonyl (C=O) groups excluding carboxylic acids is 1. The molecule has 1 aromatic heterocycles. The van der Waals surface area contributed by atoms with Crippen molar-refractivity contribution in [2.24, 2.45) is 7.05 Å². The maximum Gasteiger partial charge on any atom is 0.210 e. The van der Waals surface area contributed by atoms with E-state index in [1.807, 2.05) is 60.7 Å². The van der Waals surface area contributed by atoms with Gasteiger partial charge in [0.1, 0.15) is 5.25 Å². The Bertz CT molecular complexity index is 758. The Morgan fingerprint density at radius 2 is 1.68 bits per heavy atom. The van der Waals surface area contributed by atoms with Crippen LogP contribution in [-0.4, -0.2) is 26.0 Å². The van der Waals surface area contributed by atoms with Gasteiger partial charge in [-0.3, -0.25) is 4.79 Å². The highest BCUT2D eigenvalue weighted by atomic mass is 32.2. The van der Waals surface area contributed by atoms with Gasteiger partial charge in [0.15, 0.2) is 5.78 Å². The van der Waals surface area contributed by atoms with E-state index in [1.54, 1.807) is 11.7 Å². The van der Waals surface area contributed by atoms with Crippen molar-refractivity contribution in [1.29, 1.82) is 0 Å². The molecule has 2 aromatic carbocycles. The summed E-state index contributed by atoms with van der Waals surface area (Å²) in [5, 5.41) is 11.6. The van der Waals surface area contributed by atoms with Crippen LogP contribution in [-0.2, 0) is 7.05 Å². The normalized spacial score (nSPS) is 12.0. The molecule has 1 atom stereocenters. The molecular weight excluding hydrogens is 296 g/mol. The molecule has 0 saturated heterocycles. The first-order valence-corrected chi connectivity index (χ1v) is 7.67. The van der Waals surface area contributed by atoms with Crippen molar-refractivity contribution in [3.8, 4) is 0 Å². The quantitative estimate of drug-likeness (QED) is 0.535. The second kappa shape index (κ2) is 6.53. The van der Waals surface area contributed by atoms with Crippen LogP contribution in [0.3, 0.4) is 0 Å². The number of carbonyl (C=O) groups is 1. The SMILES string of the molecule is Cn1nnnc1SC(C(=O)c1ccccc1)c1ccccc1. The third-order valence-corrected chi connectivity index (χ3v) is 4.48. The fourth-order valence-corrected chi connectivity index (χ4v) is 3.10. The van der Waals surface area contributed by atoms with Crippen LogP contribution in [0.1, 0.15) is 21.2 Å². The first-order chi connectivity index (χ1) is 10.8. The van der Waals surface area contributed by atoms with E-state index in [-0.39, 0.29) is 11.0 Å². The number of aryl methyl sites for hydroxylation is 1. The molecular formula is C16H14N4OS. The van der Waals surface area contributed by atoms with Gasteiger partial charge in [0, 0.05) is 12.6 Å². The molecule has 0 bridgehead atoms. The number of benzene rings is 2. The molecule has 22 heavy (non-hydrogen) atoms. The molecule has 1 unspecified atom stereocenters. The molecule has 0 aliphatic carbocycles. The largest absolute Gasteiger partial charge is 0.293 e. The smallest absolute Gasteiger partial charge is 0.210 e. The van der Waals surface area contributed by atoms with Gasteiger partial charge in [0.25, 0.3) is 0 Å². The van der Waals surface area contributed by atoms with Gasteiger partial charge >= 0.3 is 0 Å². The Kier molecular flexibility index (Phi) is 4.29. The fourth-order valence-electron chi connectivity index (χ4n) is 2.08. The first kappa shape index (κ1) is 14.5. The highest BCUT2D eigenvalue weighted by Crippen LogP contribution is 2.36. The summed E-state index contributed by atoms with van der Waals surface area (Å²) in [7, 11) is 1.76. The summed E-state index contributed by atoms with van der Waals surface area (Å²) in [6.45, 7) is 0. The molecule has 0 aliphatic rings. The predicted molar refractivity (Wildman–Crippen MR) is 84.6 cm³/mol. The van der Waals surface area contributed by atoms with Crippen molar-refractivity contribution in [1.82, 2.24) is 20.2 Å². The van der Waals surface area contributed by atoms with Crippen LogP contribution < -0.4 is 0 Å². The number of thioether (sulfide) groups is 1. The van der Waals surface area contributed by atoms with Crippen molar-refractivity contribution in [2.45, 2.75) is 10.4 Å². The Hall–Kier alpha value is -2.47. The van der Waals surface area contributed by atoms with Gasteiger partial charge in [-0.15, -0.1) is 5.10 Å². The molecule has 0 radical (unpaired) electrons. The number of aromatic nitrogens is 4. The van der Waals surface area contributed by atoms with Gasteiger partial charge in [-0.25, -0.2) is 4.68 Å². The standard InChI is InChI=1S/C16H14N4OS/c1-20-16(17-18-19-20)22-15(13-10-6-3-7-11-13)14(21)12-8-4-2-5-9-12/h2-11,15H,1H3. The minimum absolute atomic E-state index is 0.0415. The summed E-state index contributed by atoms with van der Waals surface area (Å²) in [5.74, 6) is 0.0415. The molecule has 0 saturated carbocycles. The van der Waals surface area contributed by atoms with E-state index >= 15 is 0 Å². The minimum Gasteiger partial charge on any atom is -0.293 e. The van der Waals surface area contributed by atoms with Crippen molar-refractivity contribution in [3.63, 3.8) is 0 Å². The lowest BCUT2D eigenvalue weighted by atomic mass is 10.0. The lowest BCUT2D eigenvalue weighted by Gasteiger charge is -2.15. The van der Waals surface area contributed by atoms with Crippen LogP contribution in [0.5, 0.6) is 0 Å². The summed E-state index contributed by atoms with van der Waals surface area (Å²) in [5.41, 5.74) is 1.61. The van der Waals surface area contributed by atoms with Crippen LogP contribution >= 0.6 is 11.8 Å². The van der Waals surface area contributed by atoms with E-state index < -0.39 is 0 Å². The number of tetrazole rings is 1. The molecule has 1 heterocycles. The van der Waals surface area contributed by atoms with E-state index in [1.165, 1.54) is 11.8 Å². The highest BCUT2D eigenvalue weighted by Gasteiger charge is 2.25. The summed E-state index contributed by atoms with van der Waals surface area (Å²) in [6.07, 6.45) is 0. The molecule has 0 amide bonds. The van der Waals surface area contributed by atoms with Crippen molar-refractivity contribution < 1.29 is 4.79 Å². The maximum atomic E-state index is 12.9. The van der Waals surface area contributed by atoms with E-state index in [0.29, 0.717) is 10.7 Å². The predicted octanol–water partition coefficient (Wildman–Crippen LogP) is 2.93. The van der Waals surface area contributed by atoms with Gasteiger partial charge < -0.3 is 0 Å². The van der Waals surface area contributed by atoms with Crippen LogP contribution in [0, 0.1) is 0 Å². The molecule has 0 N–H and O–H groups in total. The Morgan fingerprint density at radius 3 is 2.27 bits per heavy atom. The second-order valence-corrected chi connectivity index (χ2v) is 5.80. The monoisotopic (exact) mass is 310 g/mol. The summed E-state index contributed by atoms with van der Waals surface area (Å²) in [6, 6.07) is 19.0. The zero-order valence-corrected chi connectivity index (χ0v) is 12.8. The average molecular weight is 310 g/mol. The lowest BCUT2D eigenvalue weighted by Crippen LogP contribution is -2.11. The fraction of sp³-hybridized carbons (Fsp3) is 0.125. The van der Waals surface area contributed by atoms with Crippen molar-refractivity contribution in [3.05, 3.63) is 71.8 Å². The average Bonchev–Trinajstić information content (AvgIpc) is 2.98. The third-order valence-electron chi connectivity index (χ3n) is 3.20. The zero-order valence-electron chi connectivity index (χ0n) is 12.0. The summed E-state index contributed by atoms with van der Waals surface area (Å²) in [4.78, 5) is 12.9. The summed E-state index contributed by atoms with van der Waals surface area (Å²) < 4.78 is 1.57. The van der Waals surface area contributed by atoms with Gasteiger partial charge in [0.2, 0.25) is 5.16 Å². The van der Waals surface area contributed by atoms with E-state index in [9.17, 15) is 4.79 Å². The Labute approximate surface area is 132 Å². The third kappa shape index (κ3) is 3.07. The lowest BCUT2D eigenvalue weighted by molar-refractivity contribution is 0.0989. The van der Waals surface area contributed by atoms with Crippen LogP contribution in [0.15, 0.2) is 65.8 Å². The van der Waals surface area contributed by atoms with E-state index in [2.05, 4.69) is 15.5 Å². The molecule has 6 heteroatoms. The minimum atomic E-state index is -0.381. The number of Topliss-reactive ketones (excluding diaryl/α,β-unsaturated/α-hetero) is 1. The molecule has 0 aliphatic heterocycles. The van der Waals surface area contributed by atoms with E-state index in [0.717, 1.165) is 5.56 Å². The molecule has 110 valence electrons.